The number of H-pyrrole nitrogens is 1. The zero-order valence-electron chi connectivity index (χ0n) is 12.7. The van der Waals surface area contributed by atoms with Crippen molar-refractivity contribution in [1.82, 2.24) is 9.55 Å². The molecule has 2 heterocycles. The molecule has 1 fully saturated rings. The van der Waals surface area contributed by atoms with Gasteiger partial charge in [0.2, 0.25) is 0 Å². The molecule has 0 bridgehead atoms. The molecule has 2 rings (SSSR count). The van der Waals surface area contributed by atoms with E-state index in [1.165, 1.54) is 13.1 Å². The van der Waals surface area contributed by atoms with E-state index in [-0.39, 0.29) is 12.0 Å². The van der Waals surface area contributed by atoms with Crippen LogP contribution in [0.4, 0.5) is 13.2 Å². The molecule has 1 N–H and O–H groups in total. The minimum absolute atomic E-state index is 0.0519. The Kier molecular flexibility index (Phi) is 5.18. The van der Waals surface area contributed by atoms with Crippen molar-refractivity contribution >= 4 is 5.97 Å². The second-order valence-corrected chi connectivity index (χ2v) is 5.21. The van der Waals surface area contributed by atoms with Crippen molar-refractivity contribution in [2.45, 2.75) is 37.9 Å². The van der Waals surface area contributed by atoms with E-state index < -0.39 is 48.4 Å². The highest BCUT2D eigenvalue weighted by atomic mass is 19.4. The number of carbonyl (C=O) groups is 1. The van der Waals surface area contributed by atoms with E-state index in [0.29, 0.717) is 0 Å². The molecule has 1 aliphatic heterocycles. The molecule has 1 aromatic rings. The molecule has 3 atom stereocenters. The summed E-state index contributed by atoms with van der Waals surface area (Å²) in [6, 6.07) is -0.963. The maximum atomic E-state index is 12.2. The number of aryl methyl sites for hydroxylation is 1. The van der Waals surface area contributed by atoms with Crippen molar-refractivity contribution in [2.75, 3.05) is 6.61 Å². The third-order valence-corrected chi connectivity index (χ3v) is 3.47. The zero-order chi connectivity index (χ0) is 18.8. The lowest BCUT2D eigenvalue weighted by atomic mass is 10.1. The largest absolute Gasteiger partial charge is 0.490 e. The lowest BCUT2D eigenvalue weighted by Gasteiger charge is -2.17. The third-order valence-electron chi connectivity index (χ3n) is 3.47. The summed E-state index contributed by atoms with van der Waals surface area (Å²) in [5.41, 5.74) is 7.35. The van der Waals surface area contributed by atoms with Crippen LogP contribution < -0.4 is 11.2 Å². The van der Waals surface area contributed by atoms with Gasteiger partial charge in [0, 0.05) is 23.1 Å². The van der Waals surface area contributed by atoms with Gasteiger partial charge in [-0.1, -0.05) is 5.11 Å². The molecule has 1 saturated heterocycles. The number of hydrogen-bond acceptors (Lipinski definition) is 6. The standard InChI is InChI=1S/C12H12F3N5O5/c1-5-3-20(11(23)17-9(5)21)8-2-6(18-19-16)7(25-8)4-24-10(22)12(13,14)15/h3,6-8H,2,4H2,1H3,(H,17,21,23)/t6?,7-,8-/m1/s1. The number of carbonyl (C=O) groups excluding carboxylic acids is 1. The molecular weight excluding hydrogens is 351 g/mol. The lowest BCUT2D eigenvalue weighted by molar-refractivity contribution is -0.203. The van der Waals surface area contributed by atoms with Crippen LogP contribution in [-0.4, -0.2) is 40.4 Å². The van der Waals surface area contributed by atoms with E-state index in [1.807, 2.05) is 0 Å². The summed E-state index contributed by atoms with van der Waals surface area (Å²) in [6.45, 7) is 0.632. The average molecular weight is 363 g/mol. The van der Waals surface area contributed by atoms with Gasteiger partial charge < -0.3 is 9.47 Å². The monoisotopic (exact) mass is 363 g/mol. The molecule has 0 saturated carbocycles. The number of rotatable bonds is 4. The summed E-state index contributed by atoms with van der Waals surface area (Å²) in [5, 5.41) is 3.39. The quantitative estimate of drug-likeness (QED) is 0.367. The number of aromatic amines is 1. The number of aromatic nitrogens is 2. The summed E-state index contributed by atoms with van der Waals surface area (Å²) in [4.78, 5) is 38.6. The number of esters is 1. The van der Waals surface area contributed by atoms with Crippen molar-refractivity contribution in [3.8, 4) is 0 Å². The Labute approximate surface area is 136 Å². The van der Waals surface area contributed by atoms with E-state index >= 15 is 0 Å². The predicted molar refractivity (Wildman–Crippen MR) is 74.5 cm³/mol. The molecule has 0 radical (unpaired) electrons. The molecule has 0 spiro atoms. The third kappa shape index (κ3) is 4.19. The number of nitrogens with one attached hydrogen (secondary N) is 1. The van der Waals surface area contributed by atoms with Crippen LogP contribution in [0.3, 0.4) is 0 Å². The lowest BCUT2D eigenvalue weighted by Crippen LogP contribution is -2.34. The minimum Gasteiger partial charge on any atom is -0.456 e. The number of alkyl halides is 3. The fourth-order valence-electron chi connectivity index (χ4n) is 2.26. The Balaban J connectivity index is 2.19. The number of halogens is 3. The molecule has 1 aromatic heterocycles. The van der Waals surface area contributed by atoms with Crippen LogP contribution >= 0.6 is 0 Å². The van der Waals surface area contributed by atoms with Crippen molar-refractivity contribution in [3.63, 3.8) is 0 Å². The average Bonchev–Trinajstić information content (AvgIpc) is 2.90. The van der Waals surface area contributed by atoms with Gasteiger partial charge in [0.15, 0.2) is 0 Å². The number of hydrogen-bond donors (Lipinski definition) is 1. The maximum absolute atomic E-state index is 12.2. The molecule has 25 heavy (non-hydrogen) atoms. The normalized spacial score (nSPS) is 23.1. The molecule has 0 aromatic carbocycles. The second kappa shape index (κ2) is 6.99. The fourth-order valence-corrected chi connectivity index (χ4v) is 2.26. The molecule has 13 heteroatoms. The van der Waals surface area contributed by atoms with Crippen LogP contribution in [0.25, 0.3) is 10.4 Å². The van der Waals surface area contributed by atoms with E-state index in [2.05, 4.69) is 19.7 Å². The van der Waals surface area contributed by atoms with Gasteiger partial charge in [-0.25, -0.2) is 9.59 Å². The second-order valence-electron chi connectivity index (χ2n) is 5.21. The molecule has 10 nitrogen and oxygen atoms in total. The highest BCUT2D eigenvalue weighted by Crippen LogP contribution is 2.30. The van der Waals surface area contributed by atoms with Gasteiger partial charge in [0.1, 0.15) is 18.9 Å². The smallest absolute Gasteiger partial charge is 0.456 e. The first-order valence-corrected chi connectivity index (χ1v) is 6.89. The topological polar surface area (TPSA) is 139 Å². The summed E-state index contributed by atoms with van der Waals surface area (Å²) < 4.78 is 47.0. The summed E-state index contributed by atoms with van der Waals surface area (Å²) in [6.07, 6.45) is -6.19. The van der Waals surface area contributed by atoms with Crippen LogP contribution in [0, 0.1) is 6.92 Å². The fraction of sp³-hybridized carbons (Fsp3) is 0.583. The maximum Gasteiger partial charge on any atom is 0.490 e. The van der Waals surface area contributed by atoms with E-state index in [4.69, 9.17) is 10.3 Å². The van der Waals surface area contributed by atoms with Crippen molar-refractivity contribution < 1.29 is 27.4 Å². The van der Waals surface area contributed by atoms with Crippen LogP contribution in [0.1, 0.15) is 18.2 Å². The van der Waals surface area contributed by atoms with Gasteiger partial charge in [-0.2, -0.15) is 13.2 Å². The van der Waals surface area contributed by atoms with Crippen LogP contribution in [0.15, 0.2) is 20.9 Å². The molecule has 1 aliphatic rings. The highest BCUT2D eigenvalue weighted by Gasteiger charge is 2.43. The first-order valence-electron chi connectivity index (χ1n) is 6.89. The van der Waals surface area contributed by atoms with E-state index in [1.54, 1.807) is 0 Å². The van der Waals surface area contributed by atoms with Crippen LogP contribution in [-0.2, 0) is 14.3 Å². The minimum atomic E-state index is -5.17. The van der Waals surface area contributed by atoms with Gasteiger partial charge in [0.05, 0.1) is 6.04 Å². The molecule has 1 unspecified atom stereocenters. The highest BCUT2D eigenvalue weighted by molar-refractivity contribution is 5.75. The molecule has 0 aliphatic carbocycles. The van der Waals surface area contributed by atoms with Gasteiger partial charge in [-0.15, -0.1) is 0 Å². The first-order chi connectivity index (χ1) is 11.6. The van der Waals surface area contributed by atoms with Gasteiger partial charge in [-0.05, 0) is 12.5 Å². The van der Waals surface area contributed by atoms with Crippen LogP contribution in [0.5, 0.6) is 0 Å². The summed E-state index contributed by atoms with van der Waals surface area (Å²) in [5.74, 6) is -2.41. The van der Waals surface area contributed by atoms with Gasteiger partial charge >= 0.3 is 17.8 Å². The Morgan fingerprint density at radius 2 is 2.24 bits per heavy atom. The molecule has 0 amide bonds. The summed E-state index contributed by atoms with van der Waals surface area (Å²) in [7, 11) is 0. The Morgan fingerprint density at radius 1 is 1.56 bits per heavy atom. The Morgan fingerprint density at radius 3 is 2.84 bits per heavy atom. The van der Waals surface area contributed by atoms with Gasteiger partial charge in [-0.3, -0.25) is 14.3 Å². The Bertz CT molecular complexity index is 826. The zero-order valence-corrected chi connectivity index (χ0v) is 12.7. The Hall–Kier alpha value is -2.79. The van der Waals surface area contributed by atoms with E-state index in [9.17, 15) is 27.6 Å². The van der Waals surface area contributed by atoms with Crippen molar-refractivity contribution in [1.29, 1.82) is 0 Å². The molecule has 136 valence electrons. The number of nitrogens with zero attached hydrogens (tertiary/aromatic N) is 4. The number of azide groups is 1. The van der Waals surface area contributed by atoms with Crippen molar-refractivity contribution in [3.05, 3.63) is 43.0 Å². The van der Waals surface area contributed by atoms with E-state index in [0.717, 1.165) is 4.57 Å². The van der Waals surface area contributed by atoms with Crippen LogP contribution in [0.2, 0.25) is 0 Å². The summed E-state index contributed by atoms with van der Waals surface area (Å²) >= 11 is 0. The molecular formula is C12H12F3N5O5. The first kappa shape index (κ1) is 18.5. The van der Waals surface area contributed by atoms with Crippen molar-refractivity contribution in [2.24, 2.45) is 5.11 Å². The predicted octanol–water partition coefficient (Wildman–Crippen LogP) is 0.917. The number of ether oxygens (including phenoxy) is 2. The SMILES string of the molecule is Cc1cn([C@H]2CC(N=[N+]=[N-])[C@@H](COC(=O)C(F)(F)F)O2)c(=O)[nH]c1=O. The van der Waals surface area contributed by atoms with Gasteiger partial charge in [0.25, 0.3) is 5.56 Å².